The fourth-order valence-electron chi connectivity index (χ4n) is 4.29. The van der Waals surface area contributed by atoms with Crippen molar-refractivity contribution in [1.29, 1.82) is 0 Å². The second-order valence-corrected chi connectivity index (χ2v) is 8.18. The van der Waals surface area contributed by atoms with Gasteiger partial charge in [0.25, 0.3) is 0 Å². The van der Waals surface area contributed by atoms with Crippen molar-refractivity contribution in [2.24, 2.45) is 0 Å². The quantitative estimate of drug-likeness (QED) is 0.493. The van der Waals surface area contributed by atoms with Gasteiger partial charge in [-0.25, -0.2) is 15.0 Å². The van der Waals surface area contributed by atoms with E-state index < -0.39 is 0 Å². The van der Waals surface area contributed by atoms with Gasteiger partial charge in [-0.2, -0.15) is 0 Å². The number of rotatable bonds is 3. The summed E-state index contributed by atoms with van der Waals surface area (Å²) in [6, 6.07) is 8.17. The zero-order valence-corrected chi connectivity index (χ0v) is 17.2. The Morgan fingerprint density at radius 2 is 2.07 bits per heavy atom. The Morgan fingerprint density at radius 3 is 2.90 bits per heavy atom. The Hall–Kier alpha value is -2.57. The zero-order chi connectivity index (χ0) is 20.0. The first-order valence-electron chi connectivity index (χ1n) is 9.92. The SMILES string of the molecule is Cc1cc(Cc2nc3cnc4ccc(Cl)cc4c3n2[C@@H]2CCO[C@H](C)C2)ncn1. The highest BCUT2D eigenvalue weighted by molar-refractivity contribution is 6.31. The molecule has 1 saturated heterocycles. The van der Waals surface area contributed by atoms with E-state index >= 15 is 0 Å². The molecule has 0 saturated carbocycles. The number of ether oxygens (including phenoxy) is 1. The van der Waals surface area contributed by atoms with Crippen LogP contribution < -0.4 is 0 Å². The Balaban J connectivity index is 1.74. The molecule has 0 radical (unpaired) electrons. The van der Waals surface area contributed by atoms with Crippen molar-refractivity contribution in [2.45, 2.75) is 45.3 Å². The first-order valence-corrected chi connectivity index (χ1v) is 10.3. The summed E-state index contributed by atoms with van der Waals surface area (Å²) in [7, 11) is 0. The van der Waals surface area contributed by atoms with Crippen molar-refractivity contribution >= 4 is 33.5 Å². The molecule has 1 aromatic carbocycles. The summed E-state index contributed by atoms with van der Waals surface area (Å²) in [4.78, 5) is 18.2. The van der Waals surface area contributed by atoms with Crippen LogP contribution in [0.15, 0.2) is 36.8 Å². The van der Waals surface area contributed by atoms with Gasteiger partial charge in [-0.1, -0.05) is 11.6 Å². The van der Waals surface area contributed by atoms with E-state index in [1.165, 1.54) is 0 Å². The summed E-state index contributed by atoms with van der Waals surface area (Å²) in [6.07, 6.45) is 6.25. The molecule has 29 heavy (non-hydrogen) atoms. The lowest BCUT2D eigenvalue weighted by molar-refractivity contribution is 0.00631. The Labute approximate surface area is 173 Å². The molecule has 0 spiro atoms. The molecule has 0 bridgehead atoms. The summed E-state index contributed by atoms with van der Waals surface area (Å²) in [5, 5.41) is 1.74. The largest absolute Gasteiger partial charge is 0.378 e. The van der Waals surface area contributed by atoms with Crippen molar-refractivity contribution in [3.05, 3.63) is 59.0 Å². The van der Waals surface area contributed by atoms with Gasteiger partial charge in [-0.15, -0.1) is 0 Å². The van der Waals surface area contributed by atoms with Crippen LogP contribution in [-0.2, 0) is 11.2 Å². The highest BCUT2D eigenvalue weighted by Crippen LogP contribution is 2.34. The molecule has 5 rings (SSSR count). The maximum atomic E-state index is 6.34. The van der Waals surface area contributed by atoms with Crippen molar-refractivity contribution in [3.63, 3.8) is 0 Å². The molecule has 6 nitrogen and oxygen atoms in total. The van der Waals surface area contributed by atoms with E-state index in [2.05, 4.69) is 26.4 Å². The molecule has 7 heteroatoms. The van der Waals surface area contributed by atoms with Crippen LogP contribution in [0.2, 0.25) is 5.02 Å². The number of aryl methyl sites for hydroxylation is 1. The molecule has 4 aromatic rings. The van der Waals surface area contributed by atoms with E-state index in [0.717, 1.165) is 58.6 Å². The second kappa shape index (κ2) is 7.35. The number of imidazole rings is 1. The van der Waals surface area contributed by atoms with Crippen LogP contribution in [0.25, 0.3) is 21.9 Å². The lowest BCUT2D eigenvalue weighted by Crippen LogP contribution is -2.26. The average Bonchev–Trinajstić information content (AvgIpc) is 3.06. The number of hydrogen-bond acceptors (Lipinski definition) is 5. The predicted octanol–water partition coefficient (Wildman–Crippen LogP) is 4.67. The van der Waals surface area contributed by atoms with Gasteiger partial charge >= 0.3 is 0 Å². The van der Waals surface area contributed by atoms with Crippen LogP contribution in [0.4, 0.5) is 0 Å². The summed E-state index contributed by atoms with van der Waals surface area (Å²) < 4.78 is 8.19. The van der Waals surface area contributed by atoms with Crippen molar-refractivity contribution < 1.29 is 4.74 Å². The highest BCUT2D eigenvalue weighted by Gasteiger charge is 2.26. The molecule has 0 aliphatic carbocycles. The van der Waals surface area contributed by atoms with Crippen LogP contribution >= 0.6 is 11.6 Å². The first-order chi connectivity index (χ1) is 14.1. The number of fused-ring (bicyclic) bond motifs is 3. The van der Waals surface area contributed by atoms with Crippen LogP contribution in [-0.4, -0.2) is 37.2 Å². The minimum atomic E-state index is 0.219. The van der Waals surface area contributed by atoms with E-state index in [4.69, 9.17) is 21.3 Å². The monoisotopic (exact) mass is 407 g/mol. The van der Waals surface area contributed by atoms with Gasteiger partial charge in [0.15, 0.2) is 0 Å². The molecule has 2 atom stereocenters. The third-order valence-corrected chi connectivity index (χ3v) is 5.81. The van der Waals surface area contributed by atoms with Crippen LogP contribution in [0.1, 0.15) is 43.0 Å². The Morgan fingerprint density at radius 1 is 1.17 bits per heavy atom. The molecular formula is C22H22ClN5O. The number of halogens is 1. The summed E-state index contributed by atoms with van der Waals surface area (Å²) in [5.41, 5.74) is 4.82. The fourth-order valence-corrected chi connectivity index (χ4v) is 4.46. The van der Waals surface area contributed by atoms with Gasteiger partial charge in [0.1, 0.15) is 17.7 Å². The minimum absolute atomic E-state index is 0.219. The number of hydrogen-bond donors (Lipinski definition) is 0. The number of aromatic nitrogens is 5. The molecule has 0 unspecified atom stereocenters. The fraction of sp³-hybridized carbons (Fsp3) is 0.364. The second-order valence-electron chi connectivity index (χ2n) is 7.74. The normalized spacial score (nSPS) is 19.8. The lowest BCUT2D eigenvalue weighted by Gasteiger charge is -2.30. The maximum absolute atomic E-state index is 6.34. The first kappa shape index (κ1) is 18.5. The van der Waals surface area contributed by atoms with Gasteiger partial charge in [0.2, 0.25) is 0 Å². The van der Waals surface area contributed by atoms with Crippen LogP contribution in [0.5, 0.6) is 0 Å². The average molecular weight is 408 g/mol. The van der Waals surface area contributed by atoms with Crippen molar-refractivity contribution in [1.82, 2.24) is 24.5 Å². The third-order valence-electron chi connectivity index (χ3n) is 5.57. The molecule has 0 amide bonds. The topological polar surface area (TPSA) is 65.7 Å². The zero-order valence-electron chi connectivity index (χ0n) is 16.5. The molecule has 1 fully saturated rings. The lowest BCUT2D eigenvalue weighted by atomic mass is 10.0. The van der Waals surface area contributed by atoms with E-state index in [1.807, 2.05) is 37.4 Å². The molecule has 0 N–H and O–H groups in total. The molecule has 1 aliphatic rings. The Kier molecular flexibility index (Phi) is 4.68. The summed E-state index contributed by atoms with van der Waals surface area (Å²) in [5.74, 6) is 0.992. The molecule has 3 aromatic heterocycles. The van der Waals surface area contributed by atoms with Crippen molar-refractivity contribution in [3.8, 4) is 0 Å². The molecule has 4 heterocycles. The van der Waals surface area contributed by atoms with E-state index in [0.29, 0.717) is 17.5 Å². The van der Waals surface area contributed by atoms with Gasteiger partial charge in [0, 0.05) is 35.2 Å². The molecule has 148 valence electrons. The third kappa shape index (κ3) is 3.47. The standard InChI is InChI=1S/C22H22ClN5O/c1-13-7-16(26-12-25-13)10-21-27-20-11-24-19-4-3-15(23)9-18(19)22(20)28(21)17-5-6-29-14(2)8-17/h3-4,7,9,11-12,14,17H,5-6,8,10H2,1-2H3/t14-,17-/m1/s1. The van der Waals surface area contributed by atoms with Gasteiger partial charge in [-0.3, -0.25) is 4.98 Å². The highest BCUT2D eigenvalue weighted by atomic mass is 35.5. The van der Waals surface area contributed by atoms with Gasteiger partial charge in [-0.05, 0) is 51.0 Å². The van der Waals surface area contributed by atoms with Crippen molar-refractivity contribution in [2.75, 3.05) is 6.61 Å². The molecule has 1 aliphatic heterocycles. The smallest absolute Gasteiger partial charge is 0.116 e. The number of benzene rings is 1. The summed E-state index contributed by atoms with van der Waals surface area (Å²) in [6.45, 7) is 4.87. The van der Waals surface area contributed by atoms with Gasteiger partial charge < -0.3 is 9.30 Å². The van der Waals surface area contributed by atoms with Crippen LogP contribution in [0.3, 0.4) is 0 Å². The van der Waals surface area contributed by atoms with E-state index in [1.54, 1.807) is 6.33 Å². The number of pyridine rings is 1. The Bertz CT molecular complexity index is 1200. The minimum Gasteiger partial charge on any atom is -0.378 e. The summed E-state index contributed by atoms with van der Waals surface area (Å²) >= 11 is 6.34. The number of nitrogens with zero attached hydrogens (tertiary/aromatic N) is 5. The van der Waals surface area contributed by atoms with Crippen LogP contribution in [0, 0.1) is 6.92 Å². The maximum Gasteiger partial charge on any atom is 0.116 e. The molecular weight excluding hydrogens is 386 g/mol. The predicted molar refractivity (Wildman–Crippen MR) is 113 cm³/mol. The van der Waals surface area contributed by atoms with E-state index in [-0.39, 0.29) is 6.10 Å². The van der Waals surface area contributed by atoms with E-state index in [9.17, 15) is 0 Å². The van der Waals surface area contributed by atoms with Gasteiger partial charge in [0.05, 0.1) is 29.0 Å².